The molecule has 1 aromatic heterocycles. The van der Waals surface area contributed by atoms with Gasteiger partial charge in [-0.25, -0.2) is 0 Å². The summed E-state index contributed by atoms with van der Waals surface area (Å²) in [4.78, 5) is 21.7. The van der Waals surface area contributed by atoms with Crippen molar-refractivity contribution in [2.45, 2.75) is 32.3 Å². The fourth-order valence-corrected chi connectivity index (χ4v) is 1.88. The number of hydrogen-bond acceptors (Lipinski definition) is 5. The minimum atomic E-state index is -0.686. The molecule has 0 spiro atoms. The minimum absolute atomic E-state index is 0.240. The molecule has 0 amide bonds. The molecule has 2 rings (SSSR count). The van der Waals surface area contributed by atoms with E-state index in [0.717, 1.165) is 0 Å². The van der Waals surface area contributed by atoms with Crippen molar-refractivity contribution >= 4 is 5.69 Å². The molecule has 7 nitrogen and oxygen atoms in total. The van der Waals surface area contributed by atoms with Gasteiger partial charge in [-0.15, -0.1) is 0 Å². The number of hydrogen-bond donors (Lipinski definition) is 0. The van der Waals surface area contributed by atoms with Crippen molar-refractivity contribution in [1.82, 2.24) is 4.57 Å². The van der Waals surface area contributed by atoms with Crippen LogP contribution in [0.25, 0.3) is 0 Å². The third-order valence-corrected chi connectivity index (χ3v) is 2.66. The minimum Gasteiger partial charge on any atom is -0.348 e. The summed E-state index contributed by atoms with van der Waals surface area (Å²) in [5.74, 6) is -0.672. The van der Waals surface area contributed by atoms with E-state index in [-0.39, 0.29) is 12.6 Å². The van der Waals surface area contributed by atoms with Crippen molar-refractivity contribution < 1.29 is 14.4 Å². The quantitative estimate of drug-likeness (QED) is 0.591. The van der Waals surface area contributed by atoms with Crippen molar-refractivity contribution in [1.29, 1.82) is 0 Å². The number of nitro groups is 1. The Morgan fingerprint density at radius 1 is 1.61 bits per heavy atom. The van der Waals surface area contributed by atoms with Crippen LogP contribution in [0, 0.1) is 10.1 Å². The summed E-state index contributed by atoms with van der Waals surface area (Å²) in [6.45, 7) is 4.17. The molecule has 7 heteroatoms. The van der Waals surface area contributed by atoms with E-state index < -0.39 is 22.0 Å². The molecule has 18 heavy (non-hydrogen) atoms. The SMILES string of the molecule is CC1(C)OC[C@@H](Cn2cccc([N+](=O)[O-])c2=O)O1. The second-order valence-corrected chi connectivity index (χ2v) is 4.56. The molecule has 1 aliphatic heterocycles. The second-order valence-electron chi connectivity index (χ2n) is 4.56. The smallest absolute Gasteiger partial charge is 0.334 e. The summed E-state index contributed by atoms with van der Waals surface area (Å²) in [6.07, 6.45) is 1.23. The number of aromatic nitrogens is 1. The fraction of sp³-hybridized carbons (Fsp3) is 0.545. The van der Waals surface area contributed by atoms with Crippen LogP contribution in [-0.2, 0) is 16.0 Å². The summed E-state index contributed by atoms with van der Waals surface area (Å²) in [5, 5.41) is 10.7. The lowest BCUT2D eigenvalue weighted by molar-refractivity contribution is -0.386. The van der Waals surface area contributed by atoms with Crippen LogP contribution in [0.15, 0.2) is 23.1 Å². The molecule has 1 fully saturated rings. The van der Waals surface area contributed by atoms with E-state index in [4.69, 9.17) is 9.47 Å². The number of pyridine rings is 1. The highest BCUT2D eigenvalue weighted by molar-refractivity contribution is 5.25. The first-order valence-corrected chi connectivity index (χ1v) is 5.55. The Kier molecular flexibility index (Phi) is 3.18. The number of ether oxygens (including phenoxy) is 2. The highest BCUT2D eigenvalue weighted by atomic mass is 16.7. The van der Waals surface area contributed by atoms with E-state index in [1.54, 1.807) is 13.8 Å². The molecule has 1 saturated heterocycles. The Balaban J connectivity index is 2.18. The maximum absolute atomic E-state index is 11.8. The van der Waals surface area contributed by atoms with Crippen LogP contribution < -0.4 is 5.56 Å². The van der Waals surface area contributed by atoms with E-state index in [1.165, 1.54) is 22.9 Å². The first-order chi connectivity index (χ1) is 8.39. The van der Waals surface area contributed by atoms with Crippen LogP contribution >= 0.6 is 0 Å². The summed E-state index contributed by atoms with van der Waals surface area (Å²) >= 11 is 0. The summed E-state index contributed by atoms with van der Waals surface area (Å²) in [7, 11) is 0. The fourth-order valence-electron chi connectivity index (χ4n) is 1.88. The number of nitrogens with zero attached hydrogens (tertiary/aromatic N) is 2. The second kappa shape index (κ2) is 4.51. The van der Waals surface area contributed by atoms with Crippen LogP contribution in [0.2, 0.25) is 0 Å². The van der Waals surface area contributed by atoms with Gasteiger partial charge in [0.05, 0.1) is 18.1 Å². The lowest BCUT2D eigenvalue weighted by Gasteiger charge is -2.17. The predicted octanol–water partition coefficient (Wildman–Crippen LogP) is 0.908. The molecule has 0 radical (unpaired) electrons. The summed E-state index contributed by atoms with van der Waals surface area (Å²) in [6, 6.07) is 2.66. The first kappa shape index (κ1) is 12.7. The number of rotatable bonds is 3. The van der Waals surface area contributed by atoms with Gasteiger partial charge >= 0.3 is 11.2 Å². The highest BCUT2D eigenvalue weighted by Crippen LogP contribution is 2.22. The Labute approximate surface area is 103 Å². The molecule has 0 aliphatic carbocycles. The first-order valence-electron chi connectivity index (χ1n) is 5.55. The Morgan fingerprint density at radius 2 is 2.33 bits per heavy atom. The highest BCUT2D eigenvalue weighted by Gasteiger charge is 2.33. The lowest BCUT2D eigenvalue weighted by atomic mass is 10.3. The lowest BCUT2D eigenvalue weighted by Crippen LogP contribution is -2.30. The molecule has 1 aliphatic rings. The van der Waals surface area contributed by atoms with Crippen molar-refractivity contribution in [3.05, 3.63) is 38.8 Å². The van der Waals surface area contributed by atoms with Gasteiger partial charge in [0.25, 0.3) is 0 Å². The summed E-state index contributed by atoms with van der Waals surface area (Å²) < 4.78 is 12.2. The van der Waals surface area contributed by atoms with Crippen LogP contribution in [0.5, 0.6) is 0 Å². The van der Waals surface area contributed by atoms with Gasteiger partial charge in [-0.05, 0) is 19.9 Å². The zero-order chi connectivity index (χ0) is 13.3. The van der Waals surface area contributed by atoms with Crippen molar-refractivity contribution in [3.63, 3.8) is 0 Å². The molecule has 0 N–H and O–H groups in total. The maximum Gasteiger partial charge on any atom is 0.334 e. The van der Waals surface area contributed by atoms with Crippen LogP contribution in [0.1, 0.15) is 13.8 Å². The third-order valence-electron chi connectivity index (χ3n) is 2.66. The molecule has 2 heterocycles. The topological polar surface area (TPSA) is 83.6 Å². The van der Waals surface area contributed by atoms with Gasteiger partial charge < -0.3 is 14.0 Å². The van der Waals surface area contributed by atoms with E-state index in [9.17, 15) is 14.9 Å². The standard InChI is InChI=1S/C11H14N2O5/c1-11(2)17-7-8(18-11)6-12-5-3-4-9(10(12)14)13(15)16/h3-5,8H,6-7H2,1-2H3/t8-/m1/s1. The van der Waals surface area contributed by atoms with Gasteiger partial charge in [-0.2, -0.15) is 0 Å². The van der Waals surface area contributed by atoms with Crippen molar-refractivity contribution in [2.75, 3.05) is 6.61 Å². The molecule has 0 unspecified atom stereocenters. The van der Waals surface area contributed by atoms with Gasteiger partial charge in [0.2, 0.25) is 0 Å². The Hall–Kier alpha value is -1.73. The van der Waals surface area contributed by atoms with Gasteiger partial charge in [0, 0.05) is 12.3 Å². The molecular weight excluding hydrogens is 240 g/mol. The molecular formula is C11H14N2O5. The monoisotopic (exact) mass is 254 g/mol. The molecule has 1 atom stereocenters. The average molecular weight is 254 g/mol. The van der Waals surface area contributed by atoms with Crippen LogP contribution in [0.3, 0.4) is 0 Å². The van der Waals surface area contributed by atoms with Crippen LogP contribution in [-0.4, -0.2) is 28.0 Å². The largest absolute Gasteiger partial charge is 0.348 e. The zero-order valence-corrected chi connectivity index (χ0v) is 10.2. The Bertz CT molecular complexity index is 522. The van der Waals surface area contributed by atoms with Crippen molar-refractivity contribution in [2.24, 2.45) is 0 Å². The average Bonchev–Trinajstić information content (AvgIpc) is 2.61. The Morgan fingerprint density at radius 3 is 2.89 bits per heavy atom. The van der Waals surface area contributed by atoms with Gasteiger partial charge in [-0.1, -0.05) is 0 Å². The zero-order valence-electron chi connectivity index (χ0n) is 10.2. The normalized spacial score (nSPS) is 22.0. The van der Waals surface area contributed by atoms with E-state index in [1.807, 2.05) is 0 Å². The van der Waals surface area contributed by atoms with Gasteiger partial charge in [0.1, 0.15) is 6.10 Å². The molecule has 0 saturated carbocycles. The predicted molar refractivity (Wildman–Crippen MR) is 62.3 cm³/mol. The van der Waals surface area contributed by atoms with Crippen molar-refractivity contribution in [3.8, 4) is 0 Å². The third kappa shape index (κ3) is 2.57. The molecule has 98 valence electrons. The molecule has 0 bridgehead atoms. The van der Waals surface area contributed by atoms with Gasteiger partial charge in [0.15, 0.2) is 5.79 Å². The van der Waals surface area contributed by atoms with E-state index >= 15 is 0 Å². The van der Waals surface area contributed by atoms with E-state index in [2.05, 4.69) is 0 Å². The maximum atomic E-state index is 11.8. The van der Waals surface area contributed by atoms with Gasteiger partial charge in [-0.3, -0.25) is 14.9 Å². The van der Waals surface area contributed by atoms with Crippen LogP contribution in [0.4, 0.5) is 5.69 Å². The summed E-state index contributed by atoms with van der Waals surface area (Å²) in [5.41, 5.74) is -1.06. The molecule has 0 aromatic carbocycles. The molecule has 1 aromatic rings. The van der Waals surface area contributed by atoms with E-state index in [0.29, 0.717) is 6.61 Å².